The maximum atomic E-state index is 14.0. The second-order valence-corrected chi connectivity index (χ2v) is 5.13. The van der Waals surface area contributed by atoms with Crippen LogP contribution in [0.15, 0.2) is 12.1 Å². The zero-order valence-electron chi connectivity index (χ0n) is 11.8. The molecule has 1 aromatic rings. The van der Waals surface area contributed by atoms with E-state index in [-0.39, 0.29) is 37.3 Å². The van der Waals surface area contributed by atoms with Crippen LogP contribution in [0.25, 0.3) is 0 Å². The Bertz CT molecular complexity index is 569. The second-order valence-electron chi connectivity index (χ2n) is 5.13. The molecule has 1 heterocycles. The minimum atomic E-state index is -4.24. The van der Waals surface area contributed by atoms with E-state index in [0.717, 1.165) is 6.07 Å². The lowest BCUT2D eigenvalue weighted by Crippen LogP contribution is -2.39. The van der Waals surface area contributed by atoms with Gasteiger partial charge in [0.2, 0.25) is 0 Å². The molecule has 1 aromatic carbocycles. The number of hydrogen-bond donors (Lipinski definition) is 1. The first kappa shape index (κ1) is 16.3. The molecule has 0 atom stereocenters. The van der Waals surface area contributed by atoms with Crippen LogP contribution in [0.2, 0.25) is 0 Å². The largest absolute Gasteiger partial charge is 0.391 e. The predicted molar refractivity (Wildman–Crippen MR) is 73.6 cm³/mol. The molecular weight excluding hydrogens is 306 g/mol. The van der Waals surface area contributed by atoms with Gasteiger partial charge in [-0.05, 0) is 18.9 Å². The molecule has 1 fully saturated rings. The molecule has 122 valence electrons. The van der Waals surface area contributed by atoms with Gasteiger partial charge in [-0.2, -0.15) is 13.2 Å². The van der Waals surface area contributed by atoms with Gasteiger partial charge in [0.05, 0.1) is 22.6 Å². The van der Waals surface area contributed by atoms with Crippen LogP contribution in [0.4, 0.5) is 34.6 Å². The number of piperidine rings is 1. The van der Waals surface area contributed by atoms with E-state index in [4.69, 9.17) is 0 Å². The van der Waals surface area contributed by atoms with Gasteiger partial charge in [0.15, 0.2) is 5.82 Å². The predicted octanol–water partition coefficient (Wildman–Crippen LogP) is 3.55. The highest BCUT2D eigenvalue weighted by molar-refractivity contribution is 5.69. The third kappa shape index (κ3) is 3.23. The molecule has 1 aliphatic heterocycles. The molecule has 22 heavy (non-hydrogen) atoms. The third-order valence-electron chi connectivity index (χ3n) is 3.83. The van der Waals surface area contributed by atoms with E-state index in [0.29, 0.717) is 0 Å². The average Bonchev–Trinajstić information content (AvgIpc) is 2.46. The van der Waals surface area contributed by atoms with Crippen molar-refractivity contribution >= 4 is 17.1 Å². The maximum Gasteiger partial charge on any atom is 0.391 e. The topological polar surface area (TPSA) is 58.4 Å². The summed E-state index contributed by atoms with van der Waals surface area (Å²) in [6.07, 6.45) is -4.47. The van der Waals surface area contributed by atoms with Crippen LogP contribution in [0.3, 0.4) is 0 Å². The minimum Gasteiger partial charge on any atom is -0.383 e. The van der Waals surface area contributed by atoms with Crippen LogP contribution in [0.1, 0.15) is 12.8 Å². The standard InChI is InChI=1S/C13H15F4N3O2/c1-18-10-7-11(9(14)6-12(10)20(21)22)19-4-2-8(3-5-19)13(15,16)17/h6-8,18H,2-5H2,1H3. The van der Waals surface area contributed by atoms with Crippen molar-refractivity contribution in [1.82, 2.24) is 0 Å². The van der Waals surface area contributed by atoms with Crippen molar-refractivity contribution in [3.63, 3.8) is 0 Å². The summed E-state index contributed by atoms with van der Waals surface area (Å²) in [6, 6.07) is 2.05. The number of nitrogens with zero attached hydrogens (tertiary/aromatic N) is 2. The Morgan fingerprint density at radius 3 is 2.36 bits per heavy atom. The molecule has 1 N–H and O–H groups in total. The van der Waals surface area contributed by atoms with Crippen molar-refractivity contribution in [2.75, 3.05) is 30.4 Å². The number of rotatable bonds is 3. The SMILES string of the molecule is CNc1cc(N2CCC(C(F)(F)F)CC2)c(F)cc1[N+](=O)[O-]. The Morgan fingerprint density at radius 1 is 1.32 bits per heavy atom. The lowest BCUT2D eigenvalue weighted by atomic mass is 9.96. The van der Waals surface area contributed by atoms with E-state index in [1.54, 1.807) is 0 Å². The number of nitro benzene ring substituents is 1. The summed E-state index contributed by atoms with van der Waals surface area (Å²) in [5.74, 6) is -2.19. The van der Waals surface area contributed by atoms with Gasteiger partial charge >= 0.3 is 6.18 Å². The summed E-state index contributed by atoms with van der Waals surface area (Å²) < 4.78 is 51.9. The van der Waals surface area contributed by atoms with Crippen LogP contribution < -0.4 is 10.2 Å². The van der Waals surface area contributed by atoms with Crippen molar-refractivity contribution in [1.29, 1.82) is 0 Å². The molecule has 0 spiro atoms. The normalized spacial score (nSPS) is 16.7. The van der Waals surface area contributed by atoms with Gasteiger partial charge < -0.3 is 10.2 Å². The molecule has 9 heteroatoms. The molecule has 0 unspecified atom stereocenters. The molecule has 0 aliphatic carbocycles. The number of nitrogens with one attached hydrogen (secondary N) is 1. The van der Waals surface area contributed by atoms with E-state index in [1.165, 1.54) is 18.0 Å². The van der Waals surface area contributed by atoms with Gasteiger partial charge in [-0.15, -0.1) is 0 Å². The van der Waals surface area contributed by atoms with Gasteiger partial charge in [-0.1, -0.05) is 0 Å². The molecule has 2 rings (SSSR count). The zero-order valence-corrected chi connectivity index (χ0v) is 11.8. The lowest BCUT2D eigenvalue weighted by Gasteiger charge is -2.34. The summed E-state index contributed by atoms with van der Waals surface area (Å²) >= 11 is 0. The monoisotopic (exact) mass is 321 g/mol. The van der Waals surface area contributed by atoms with Gasteiger partial charge in [0.1, 0.15) is 5.69 Å². The first-order valence-electron chi connectivity index (χ1n) is 6.71. The Labute approximate surface area is 124 Å². The van der Waals surface area contributed by atoms with Crippen LogP contribution in [0, 0.1) is 21.8 Å². The lowest BCUT2D eigenvalue weighted by molar-refractivity contribution is -0.384. The fraction of sp³-hybridized carbons (Fsp3) is 0.538. The highest BCUT2D eigenvalue weighted by atomic mass is 19.4. The van der Waals surface area contributed by atoms with Crippen LogP contribution in [-0.2, 0) is 0 Å². The number of hydrogen-bond acceptors (Lipinski definition) is 4. The van der Waals surface area contributed by atoms with Gasteiger partial charge in [0, 0.05) is 20.1 Å². The van der Waals surface area contributed by atoms with Crippen molar-refractivity contribution < 1.29 is 22.5 Å². The van der Waals surface area contributed by atoms with Crippen molar-refractivity contribution in [3.8, 4) is 0 Å². The van der Waals surface area contributed by atoms with Crippen LogP contribution in [0.5, 0.6) is 0 Å². The fourth-order valence-electron chi connectivity index (χ4n) is 2.59. The highest BCUT2D eigenvalue weighted by Crippen LogP contribution is 2.38. The van der Waals surface area contributed by atoms with Crippen molar-refractivity contribution in [2.24, 2.45) is 5.92 Å². The molecule has 0 saturated carbocycles. The summed E-state index contributed by atoms with van der Waals surface area (Å²) in [5.41, 5.74) is -0.205. The Morgan fingerprint density at radius 2 is 1.91 bits per heavy atom. The second kappa shape index (κ2) is 5.98. The van der Waals surface area contributed by atoms with Crippen molar-refractivity contribution in [2.45, 2.75) is 19.0 Å². The quantitative estimate of drug-likeness (QED) is 0.525. The summed E-state index contributed by atoms with van der Waals surface area (Å²) in [5, 5.41) is 13.4. The molecule has 0 radical (unpaired) electrons. The number of anilines is 2. The van der Waals surface area contributed by atoms with Crippen molar-refractivity contribution in [3.05, 3.63) is 28.1 Å². The van der Waals surface area contributed by atoms with E-state index in [2.05, 4.69) is 5.32 Å². The average molecular weight is 321 g/mol. The van der Waals surface area contributed by atoms with E-state index in [9.17, 15) is 27.7 Å². The van der Waals surface area contributed by atoms with Gasteiger partial charge in [-0.3, -0.25) is 10.1 Å². The zero-order chi connectivity index (χ0) is 16.5. The smallest absolute Gasteiger partial charge is 0.383 e. The van der Waals surface area contributed by atoms with E-state index >= 15 is 0 Å². The number of benzene rings is 1. The van der Waals surface area contributed by atoms with Crippen LogP contribution >= 0.6 is 0 Å². The van der Waals surface area contributed by atoms with E-state index < -0.39 is 28.5 Å². The molecule has 1 saturated heterocycles. The summed E-state index contributed by atoms with van der Waals surface area (Å²) in [4.78, 5) is 11.6. The fourth-order valence-corrected chi connectivity index (χ4v) is 2.59. The molecule has 0 amide bonds. The molecular formula is C13H15F4N3O2. The third-order valence-corrected chi connectivity index (χ3v) is 3.83. The Hall–Kier alpha value is -2.06. The van der Waals surface area contributed by atoms with Gasteiger partial charge in [0.25, 0.3) is 5.69 Å². The number of nitro groups is 1. The van der Waals surface area contributed by atoms with Gasteiger partial charge in [-0.25, -0.2) is 4.39 Å². The van der Waals surface area contributed by atoms with Crippen LogP contribution in [-0.4, -0.2) is 31.2 Å². The molecule has 1 aliphatic rings. The maximum absolute atomic E-state index is 14.0. The molecule has 0 bridgehead atoms. The molecule has 0 aromatic heterocycles. The Balaban J connectivity index is 2.22. The Kier molecular flexibility index (Phi) is 4.43. The minimum absolute atomic E-state index is 0.0576. The first-order valence-corrected chi connectivity index (χ1v) is 6.71. The highest BCUT2D eigenvalue weighted by Gasteiger charge is 2.41. The summed E-state index contributed by atoms with van der Waals surface area (Å²) in [7, 11) is 1.46. The first-order chi connectivity index (χ1) is 10.2. The number of alkyl halides is 3. The summed E-state index contributed by atoms with van der Waals surface area (Å²) in [6.45, 7) is 0.115. The van der Waals surface area contributed by atoms with E-state index in [1.807, 2.05) is 0 Å². The number of halogens is 4. The molecule has 5 nitrogen and oxygen atoms in total.